The van der Waals surface area contributed by atoms with Gasteiger partial charge in [-0.3, -0.25) is 4.99 Å². The van der Waals surface area contributed by atoms with Crippen LogP contribution >= 0.6 is 11.6 Å². The third-order valence-electron chi connectivity index (χ3n) is 2.63. The van der Waals surface area contributed by atoms with Crippen LogP contribution < -0.4 is 0 Å². The molecule has 2 rings (SSSR count). The van der Waals surface area contributed by atoms with E-state index in [4.69, 9.17) is 11.6 Å². The van der Waals surface area contributed by atoms with Crippen LogP contribution in [-0.4, -0.2) is 18.2 Å². The van der Waals surface area contributed by atoms with Crippen molar-refractivity contribution >= 4 is 34.8 Å². The van der Waals surface area contributed by atoms with Gasteiger partial charge in [0.25, 0.3) is 0 Å². The number of hydrogen-bond donors (Lipinski definition) is 0. The van der Waals surface area contributed by atoms with E-state index in [1.165, 1.54) is 0 Å². The van der Waals surface area contributed by atoms with Crippen molar-refractivity contribution in [2.24, 2.45) is 4.99 Å². The van der Waals surface area contributed by atoms with E-state index in [0.29, 0.717) is 5.15 Å². The minimum atomic E-state index is 0.525. The van der Waals surface area contributed by atoms with Crippen molar-refractivity contribution in [3.63, 3.8) is 0 Å². The molecule has 17 heavy (non-hydrogen) atoms. The van der Waals surface area contributed by atoms with E-state index in [2.05, 4.69) is 29.0 Å². The van der Waals surface area contributed by atoms with Gasteiger partial charge in [-0.2, -0.15) is 0 Å². The molecular weight excluding hydrogens is 232 g/mol. The lowest BCUT2D eigenvalue weighted by Gasteiger charge is -2.05. The molecule has 0 aliphatic carbocycles. The van der Waals surface area contributed by atoms with Gasteiger partial charge >= 0.3 is 0 Å². The van der Waals surface area contributed by atoms with Gasteiger partial charge in [-0.25, -0.2) is 4.98 Å². The first-order chi connectivity index (χ1) is 8.22. The van der Waals surface area contributed by atoms with Crippen LogP contribution in [0.3, 0.4) is 0 Å². The average molecular weight is 245 g/mol. The second kappa shape index (κ2) is 5.11. The molecule has 1 aromatic carbocycles. The highest BCUT2D eigenvalue weighted by atomic mass is 35.5. The molecule has 0 amide bonds. The summed E-state index contributed by atoms with van der Waals surface area (Å²) in [7, 11) is 1.75. The zero-order valence-electron chi connectivity index (χ0n) is 9.81. The van der Waals surface area contributed by atoms with Crippen LogP contribution in [0.5, 0.6) is 0 Å². The minimum absolute atomic E-state index is 0.525. The average Bonchev–Trinajstić information content (AvgIpc) is 2.33. The molecule has 2 nitrogen and oxygen atoms in total. The molecule has 0 unspecified atom stereocenters. The van der Waals surface area contributed by atoms with Gasteiger partial charge < -0.3 is 0 Å². The van der Waals surface area contributed by atoms with E-state index < -0.39 is 0 Å². The Morgan fingerprint density at radius 2 is 2.00 bits per heavy atom. The number of pyridine rings is 1. The highest BCUT2D eigenvalue weighted by Crippen LogP contribution is 2.22. The molecule has 86 valence electrons. The Balaban J connectivity index is 2.56. The lowest BCUT2D eigenvalue weighted by molar-refractivity contribution is 1.36. The SMILES string of the molecule is C/N=C/C=C\c1ccc2ccc(Cl)nc2c1C. The zero-order chi connectivity index (χ0) is 12.3. The van der Waals surface area contributed by atoms with Gasteiger partial charge in [0.05, 0.1) is 5.52 Å². The lowest BCUT2D eigenvalue weighted by Crippen LogP contribution is -1.87. The van der Waals surface area contributed by atoms with Gasteiger partial charge in [-0.05, 0) is 36.3 Å². The van der Waals surface area contributed by atoms with Crippen LogP contribution in [0.4, 0.5) is 0 Å². The Morgan fingerprint density at radius 3 is 2.76 bits per heavy atom. The Morgan fingerprint density at radius 1 is 1.24 bits per heavy atom. The fourth-order valence-electron chi connectivity index (χ4n) is 1.74. The van der Waals surface area contributed by atoms with E-state index in [-0.39, 0.29) is 0 Å². The number of aliphatic imine (C=N–C) groups is 1. The predicted molar refractivity (Wildman–Crippen MR) is 74.9 cm³/mol. The molecule has 0 N–H and O–H groups in total. The topological polar surface area (TPSA) is 25.2 Å². The van der Waals surface area contributed by atoms with Crippen molar-refractivity contribution in [3.8, 4) is 0 Å². The Labute approximate surface area is 106 Å². The van der Waals surface area contributed by atoms with Crippen molar-refractivity contribution in [1.82, 2.24) is 4.98 Å². The Hall–Kier alpha value is -1.67. The smallest absolute Gasteiger partial charge is 0.129 e. The van der Waals surface area contributed by atoms with E-state index in [1.54, 1.807) is 13.3 Å². The van der Waals surface area contributed by atoms with Crippen LogP contribution in [0.1, 0.15) is 11.1 Å². The predicted octanol–water partition coefficient (Wildman–Crippen LogP) is 3.91. The van der Waals surface area contributed by atoms with Crippen LogP contribution in [0.25, 0.3) is 17.0 Å². The molecular formula is C14H13ClN2. The largest absolute Gasteiger partial charge is 0.297 e. The summed E-state index contributed by atoms with van der Waals surface area (Å²) >= 11 is 5.92. The monoisotopic (exact) mass is 244 g/mol. The molecule has 3 heteroatoms. The van der Waals surface area contributed by atoms with Gasteiger partial charge in [0.2, 0.25) is 0 Å². The molecule has 0 saturated carbocycles. The van der Waals surface area contributed by atoms with Gasteiger partial charge in [-0.1, -0.05) is 29.8 Å². The van der Waals surface area contributed by atoms with Crippen LogP contribution in [0.15, 0.2) is 35.3 Å². The number of fused-ring (bicyclic) bond motifs is 1. The molecule has 2 aromatic rings. The number of nitrogens with zero attached hydrogens (tertiary/aromatic N) is 2. The summed E-state index contributed by atoms with van der Waals surface area (Å²) in [6.45, 7) is 2.05. The molecule has 0 spiro atoms. The Bertz CT molecular complexity index is 600. The maximum atomic E-state index is 5.92. The molecule has 0 atom stereocenters. The second-order valence-corrected chi connectivity index (χ2v) is 4.14. The molecule has 0 aliphatic heterocycles. The number of rotatable bonds is 2. The number of aryl methyl sites for hydroxylation is 1. The summed E-state index contributed by atoms with van der Waals surface area (Å²) in [5, 5.41) is 1.63. The van der Waals surface area contributed by atoms with Crippen molar-refractivity contribution in [3.05, 3.63) is 46.6 Å². The van der Waals surface area contributed by atoms with Crippen molar-refractivity contribution < 1.29 is 0 Å². The molecule has 0 aliphatic rings. The van der Waals surface area contributed by atoms with Gasteiger partial charge in [0.1, 0.15) is 5.15 Å². The van der Waals surface area contributed by atoms with Crippen LogP contribution in [0.2, 0.25) is 5.15 Å². The first-order valence-corrected chi connectivity index (χ1v) is 5.75. The minimum Gasteiger partial charge on any atom is -0.297 e. The van der Waals surface area contributed by atoms with E-state index in [0.717, 1.165) is 22.0 Å². The summed E-state index contributed by atoms with van der Waals surface area (Å²) in [4.78, 5) is 8.27. The third-order valence-corrected chi connectivity index (χ3v) is 2.84. The van der Waals surface area contributed by atoms with Crippen molar-refractivity contribution in [2.45, 2.75) is 6.92 Å². The zero-order valence-corrected chi connectivity index (χ0v) is 10.6. The maximum absolute atomic E-state index is 5.92. The normalized spacial score (nSPS) is 11.9. The second-order valence-electron chi connectivity index (χ2n) is 3.75. The first-order valence-electron chi connectivity index (χ1n) is 5.37. The molecule has 0 radical (unpaired) electrons. The van der Waals surface area contributed by atoms with E-state index in [9.17, 15) is 0 Å². The Kier molecular flexibility index (Phi) is 3.55. The van der Waals surface area contributed by atoms with Crippen LogP contribution in [0, 0.1) is 6.92 Å². The summed E-state index contributed by atoms with van der Waals surface area (Å²) < 4.78 is 0. The fourth-order valence-corrected chi connectivity index (χ4v) is 1.88. The number of aromatic nitrogens is 1. The van der Waals surface area contributed by atoms with Crippen molar-refractivity contribution in [1.29, 1.82) is 0 Å². The van der Waals surface area contributed by atoms with Crippen LogP contribution in [-0.2, 0) is 0 Å². The quantitative estimate of drug-likeness (QED) is 0.581. The molecule has 1 heterocycles. The van der Waals surface area contributed by atoms with E-state index in [1.807, 2.05) is 24.3 Å². The van der Waals surface area contributed by atoms with Gasteiger partial charge in [0, 0.05) is 18.6 Å². The van der Waals surface area contributed by atoms with Gasteiger partial charge in [-0.15, -0.1) is 0 Å². The van der Waals surface area contributed by atoms with E-state index >= 15 is 0 Å². The molecule has 0 saturated heterocycles. The third kappa shape index (κ3) is 2.53. The summed E-state index contributed by atoms with van der Waals surface area (Å²) in [5.41, 5.74) is 3.21. The fraction of sp³-hybridized carbons (Fsp3) is 0.143. The molecule has 0 fully saturated rings. The number of allylic oxidation sites excluding steroid dienone is 1. The molecule has 0 bridgehead atoms. The highest BCUT2D eigenvalue weighted by molar-refractivity contribution is 6.29. The van der Waals surface area contributed by atoms with Gasteiger partial charge in [0.15, 0.2) is 0 Å². The number of halogens is 1. The standard InChI is InChI=1S/C14H13ClN2/c1-10-11(4-3-9-16-2)5-6-12-7-8-13(15)17-14(10)12/h3-9H,1-2H3/b4-3-,16-9+. The van der Waals surface area contributed by atoms with Crippen molar-refractivity contribution in [2.75, 3.05) is 7.05 Å². The first kappa shape index (κ1) is 11.8. The summed E-state index contributed by atoms with van der Waals surface area (Å²) in [6.07, 6.45) is 5.69. The summed E-state index contributed by atoms with van der Waals surface area (Å²) in [6, 6.07) is 7.92. The lowest BCUT2D eigenvalue weighted by atomic mass is 10.0. The highest BCUT2D eigenvalue weighted by Gasteiger charge is 2.03. The summed E-state index contributed by atoms with van der Waals surface area (Å²) in [5.74, 6) is 0. The maximum Gasteiger partial charge on any atom is 0.129 e. The molecule has 1 aromatic heterocycles. The number of benzene rings is 1. The number of hydrogen-bond acceptors (Lipinski definition) is 2.